The summed E-state index contributed by atoms with van der Waals surface area (Å²) in [5.74, 6) is 2.53. The fourth-order valence-corrected chi connectivity index (χ4v) is 3.57. The molecular formula is C17H33N3O. The van der Waals surface area contributed by atoms with Gasteiger partial charge < -0.3 is 15.0 Å². The zero-order valence-corrected chi connectivity index (χ0v) is 13.9. The lowest BCUT2D eigenvalue weighted by Crippen LogP contribution is -2.43. The Morgan fingerprint density at radius 2 is 1.81 bits per heavy atom. The predicted octanol–water partition coefficient (Wildman–Crippen LogP) is 2.89. The lowest BCUT2D eigenvalue weighted by Gasteiger charge is -2.27. The van der Waals surface area contributed by atoms with Crippen molar-refractivity contribution < 1.29 is 4.74 Å². The molecule has 1 aliphatic carbocycles. The van der Waals surface area contributed by atoms with Crippen LogP contribution in [-0.2, 0) is 4.74 Å². The minimum Gasteiger partial charge on any atom is -0.381 e. The van der Waals surface area contributed by atoms with Crippen LogP contribution in [0.5, 0.6) is 0 Å². The normalized spacial score (nSPS) is 25.4. The van der Waals surface area contributed by atoms with E-state index >= 15 is 0 Å². The summed E-state index contributed by atoms with van der Waals surface area (Å²) in [6, 6.07) is 0. The molecule has 1 saturated heterocycles. The number of nitrogens with zero attached hydrogens (tertiary/aromatic N) is 2. The molecule has 21 heavy (non-hydrogen) atoms. The van der Waals surface area contributed by atoms with Crippen LogP contribution in [0.1, 0.15) is 51.4 Å². The van der Waals surface area contributed by atoms with Crippen molar-refractivity contribution in [1.82, 2.24) is 10.2 Å². The minimum absolute atomic E-state index is 0.662. The lowest BCUT2D eigenvalue weighted by atomic mass is 9.91. The fraction of sp³-hybridized carbons (Fsp3) is 0.941. The van der Waals surface area contributed by atoms with Gasteiger partial charge >= 0.3 is 0 Å². The van der Waals surface area contributed by atoms with Crippen LogP contribution in [0.4, 0.5) is 0 Å². The second kappa shape index (κ2) is 9.29. The van der Waals surface area contributed by atoms with Crippen LogP contribution in [0.2, 0.25) is 0 Å². The first kappa shape index (κ1) is 16.6. The summed E-state index contributed by atoms with van der Waals surface area (Å²) < 4.78 is 5.47. The van der Waals surface area contributed by atoms with Crippen molar-refractivity contribution in [2.75, 3.05) is 40.4 Å². The molecular weight excluding hydrogens is 262 g/mol. The molecule has 0 amide bonds. The van der Waals surface area contributed by atoms with Crippen LogP contribution >= 0.6 is 0 Å². The quantitative estimate of drug-likeness (QED) is 0.640. The fourth-order valence-electron chi connectivity index (χ4n) is 3.57. The molecule has 1 saturated carbocycles. The number of nitrogens with one attached hydrogen (secondary N) is 1. The second-order valence-corrected chi connectivity index (χ2v) is 6.75. The third kappa shape index (κ3) is 5.85. The van der Waals surface area contributed by atoms with Gasteiger partial charge in [0.05, 0.1) is 6.61 Å². The molecule has 1 atom stereocenters. The number of hydrogen-bond acceptors (Lipinski definition) is 2. The van der Waals surface area contributed by atoms with Crippen molar-refractivity contribution in [1.29, 1.82) is 0 Å². The highest BCUT2D eigenvalue weighted by atomic mass is 16.5. The van der Waals surface area contributed by atoms with E-state index in [1.165, 1.54) is 51.4 Å². The van der Waals surface area contributed by atoms with Gasteiger partial charge in [-0.15, -0.1) is 0 Å². The first-order valence-electron chi connectivity index (χ1n) is 8.79. The summed E-state index contributed by atoms with van der Waals surface area (Å²) in [6.45, 7) is 3.96. The molecule has 1 heterocycles. The standard InChI is InChI=1S/C17H33N3O/c1-18-17(20(2)13-16-10-11-21-14-16)19-12-15-8-6-4-3-5-7-9-15/h15-16H,3-14H2,1-2H3,(H,18,19). The van der Waals surface area contributed by atoms with E-state index in [1.807, 2.05) is 7.05 Å². The van der Waals surface area contributed by atoms with Crippen LogP contribution in [0, 0.1) is 11.8 Å². The average Bonchev–Trinajstić information content (AvgIpc) is 2.94. The van der Waals surface area contributed by atoms with Gasteiger partial charge in [-0.2, -0.15) is 0 Å². The van der Waals surface area contributed by atoms with Crippen LogP contribution in [-0.4, -0.2) is 51.3 Å². The molecule has 1 N–H and O–H groups in total. The molecule has 0 aromatic heterocycles. The monoisotopic (exact) mass is 295 g/mol. The molecule has 2 aliphatic rings. The zero-order chi connectivity index (χ0) is 14.9. The molecule has 0 bridgehead atoms. The summed E-state index contributed by atoms with van der Waals surface area (Å²) in [5, 5.41) is 3.60. The number of hydrogen-bond donors (Lipinski definition) is 1. The van der Waals surface area contributed by atoms with E-state index < -0.39 is 0 Å². The highest BCUT2D eigenvalue weighted by molar-refractivity contribution is 5.79. The summed E-state index contributed by atoms with van der Waals surface area (Å²) in [6.07, 6.45) is 11.0. The van der Waals surface area contributed by atoms with E-state index in [1.54, 1.807) is 0 Å². The van der Waals surface area contributed by atoms with Crippen molar-refractivity contribution >= 4 is 5.96 Å². The van der Waals surface area contributed by atoms with Gasteiger partial charge in [-0.3, -0.25) is 4.99 Å². The summed E-state index contributed by atoms with van der Waals surface area (Å²) in [7, 11) is 4.04. The Kier molecular flexibility index (Phi) is 7.34. The number of ether oxygens (including phenoxy) is 1. The second-order valence-electron chi connectivity index (χ2n) is 6.75. The van der Waals surface area contributed by atoms with Gasteiger partial charge in [0.15, 0.2) is 5.96 Å². The Labute approximate surface area is 130 Å². The van der Waals surface area contributed by atoms with E-state index in [2.05, 4.69) is 22.3 Å². The van der Waals surface area contributed by atoms with E-state index in [0.29, 0.717) is 5.92 Å². The van der Waals surface area contributed by atoms with Crippen LogP contribution in [0.15, 0.2) is 4.99 Å². The number of guanidine groups is 1. The molecule has 122 valence electrons. The molecule has 2 rings (SSSR count). The summed E-state index contributed by atoms with van der Waals surface area (Å²) in [5.41, 5.74) is 0. The van der Waals surface area contributed by atoms with Gasteiger partial charge in [-0.1, -0.05) is 32.1 Å². The minimum atomic E-state index is 0.662. The average molecular weight is 295 g/mol. The third-order valence-electron chi connectivity index (χ3n) is 4.90. The van der Waals surface area contributed by atoms with Crippen molar-refractivity contribution in [3.8, 4) is 0 Å². The molecule has 0 spiro atoms. The first-order valence-corrected chi connectivity index (χ1v) is 8.79. The van der Waals surface area contributed by atoms with Crippen LogP contribution in [0.3, 0.4) is 0 Å². The largest absolute Gasteiger partial charge is 0.381 e. The summed E-state index contributed by atoms with van der Waals surface area (Å²) in [4.78, 5) is 6.71. The molecule has 2 fully saturated rings. The molecule has 0 aromatic rings. The van der Waals surface area contributed by atoms with Gasteiger partial charge in [0.1, 0.15) is 0 Å². The highest BCUT2D eigenvalue weighted by Crippen LogP contribution is 2.21. The molecule has 4 nitrogen and oxygen atoms in total. The van der Waals surface area contributed by atoms with E-state index in [4.69, 9.17) is 4.74 Å². The van der Waals surface area contributed by atoms with Crippen molar-refractivity contribution in [2.45, 2.75) is 51.4 Å². The van der Waals surface area contributed by atoms with Crippen molar-refractivity contribution in [2.24, 2.45) is 16.8 Å². The van der Waals surface area contributed by atoms with Crippen molar-refractivity contribution in [3.05, 3.63) is 0 Å². The van der Waals surface area contributed by atoms with Gasteiger partial charge in [-0.05, 0) is 25.2 Å². The third-order valence-corrected chi connectivity index (χ3v) is 4.90. The maximum Gasteiger partial charge on any atom is 0.193 e. The predicted molar refractivity (Wildman–Crippen MR) is 88.7 cm³/mol. The lowest BCUT2D eigenvalue weighted by molar-refractivity contribution is 0.181. The van der Waals surface area contributed by atoms with Crippen molar-refractivity contribution in [3.63, 3.8) is 0 Å². The highest BCUT2D eigenvalue weighted by Gasteiger charge is 2.19. The van der Waals surface area contributed by atoms with Gasteiger partial charge in [0.2, 0.25) is 0 Å². The Morgan fingerprint density at radius 1 is 1.10 bits per heavy atom. The Morgan fingerprint density at radius 3 is 2.43 bits per heavy atom. The Hall–Kier alpha value is -0.770. The van der Waals surface area contributed by atoms with Crippen LogP contribution in [0.25, 0.3) is 0 Å². The number of aliphatic imine (C=N–C) groups is 1. The molecule has 1 unspecified atom stereocenters. The molecule has 1 aliphatic heterocycles. The van der Waals surface area contributed by atoms with E-state index in [0.717, 1.165) is 38.2 Å². The van der Waals surface area contributed by atoms with E-state index in [9.17, 15) is 0 Å². The van der Waals surface area contributed by atoms with E-state index in [-0.39, 0.29) is 0 Å². The van der Waals surface area contributed by atoms with Crippen LogP contribution < -0.4 is 5.32 Å². The van der Waals surface area contributed by atoms with Gasteiger partial charge in [-0.25, -0.2) is 0 Å². The SMILES string of the molecule is CN=C(NCC1CCCCCCC1)N(C)CC1CCOC1. The molecule has 0 aromatic carbocycles. The van der Waals surface area contributed by atoms with Gasteiger partial charge in [0.25, 0.3) is 0 Å². The Balaban J connectivity index is 1.72. The zero-order valence-electron chi connectivity index (χ0n) is 13.9. The molecule has 4 heteroatoms. The smallest absolute Gasteiger partial charge is 0.193 e. The topological polar surface area (TPSA) is 36.9 Å². The maximum absolute atomic E-state index is 5.47. The molecule has 0 radical (unpaired) electrons. The Bertz CT molecular complexity index is 305. The maximum atomic E-state index is 5.47. The number of rotatable bonds is 4. The first-order chi connectivity index (χ1) is 10.3. The summed E-state index contributed by atoms with van der Waals surface area (Å²) >= 11 is 0. The van der Waals surface area contributed by atoms with Gasteiger partial charge in [0, 0.05) is 39.7 Å².